The molecule has 0 aromatic rings. The standard InChI is InChI=1S/C4H7BF3.K/c1-3-4(2)5(6,7)8;/h3H,1-2H3;/q-1;+1/b4-3-;. The number of rotatable bonds is 1. The van der Waals surface area contributed by atoms with Gasteiger partial charge in [-0.15, -0.1) is 11.5 Å². The van der Waals surface area contributed by atoms with Crippen LogP contribution in [0.25, 0.3) is 0 Å². The van der Waals surface area contributed by atoms with E-state index in [-0.39, 0.29) is 51.4 Å². The van der Waals surface area contributed by atoms with Crippen LogP contribution >= 0.6 is 0 Å². The van der Waals surface area contributed by atoms with E-state index in [0.29, 0.717) is 0 Å². The van der Waals surface area contributed by atoms with Gasteiger partial charge in [0.1, 0.15) is 0 Å². The summed E-state index contributed by atoms with van der Waals surface area (Å²) in [6, 6.07) is 0. The normalized spacial score (nSPS) is 12.8. The van der Waals surface area contributed by atoms with Crippen molar-refractivity contribution in [3.05, 3.63) is 11.5 Å². The monoisotopic (exact) mass is 162 g/mol. The second kappa shape index (κ2) is 4.96. The molecule has 0 amide bonds. The molecule has 0 aromatic heterocycles. The Bertz CT molecular complexity index is 107. The van der Waals surface area contributed by atoms with E-state index in [1.165, 1.54) is 6.92 Å². The zero-order valence-corrected chi connectivity index (χ0v) is 8.91. The van der Waals surface area contributed by atoms with Gasteiger partial charge in [-0.05, 0) is 6.92 Å². The van der Waals surface area contributed by atoms with Gasteiger partial charge in [-0.25, -0.2) is 0 Å². The third-order valence-corrected chi connectivity index (χ3v) is 0.972. The SMILES string of the molecule is C/C=C(/C)[B-](F)(F)F.[K+]. The molecule has 5 heteroatoms. The average molecular weight is 162 g/mol. The van der Waals surface area contributed by atoms with Crippen LogP contribution in [-0.4, -0.2) is 6.98 Å². The Balaban J connectivity index is 0. The van der Waals surface area contributed by atoms with Crippen molar-refractivity contribution in [3.63, 3.8) is 0 Å². The van der Waals surface area contributed by atoms with Crippen LogP contribution in [-0.2, 0) is 0 Å². The molecule has 0 aromatic carbocycles. The first-order valence-corrected chi connectivity index (χ1v) is 2.31. The molecule has 0 radical (unpaired) electrons. The quantitative estimate of drug-likeness (QED) is 0.449. The molecule has 0 heterocycles. The van der Waals surface area contributed by atoms with Crippen LogP contribution in [0.3, 0.4) is 0 Å². The first kappa shape index (κ1) is 12.9. The average Bonchev–Trinajstić information content (AvgIpc) is 1.62. The molecule has 0 fully saturated rings. The second-order valence-electron chi connectivity index (χ2n) is 1.61. The molecule has 0 unspecified atom stereocenters. The fraction of sp³-hybridized carbons (Fsp3) is 0.500. The van der Waals surface area contributed by atoms with Gasteiger partial charge in [0.25, 0.3) is 0 Å². The van der Waals surface area contributed by atoms with Gasteiger partial charge in [-0.2, -0.15) is 0 Å². The summed E-state index contributed by atoms with van der Waals surface area (Å²) in [6.07, 6.45) is 1.07. The fourth-order valence-electron chi connectivity index (χ4n) is 0.189. The summed E-state index contributed by atoms with van der Waals surface area (Å²) in [5.74, 6) is 0. The first-order chi connectivity index (χ1) is 3.48. The Hall–Kier alpha value is 1.23. The number of hydrogen-bond donors (Lipinski definition) is 0. The van der Waals surface area contributed by atoms with E-state index in [9.17, 15) is 12.9 Å². The first-order valence-electron chi connectivity index (χ1n) is 2.31. The van der Waals surface area contributed by atoms with Crippen molar-refractivity contribution in [1.82, 2.24) is 0 Å². The third-order valence-electron chi connectivity index (χ3n) is 0.972. The van der Waals surface area contributed by atoms with Gasteiger partial charge in [0.15, 0.2) is 0 Å². The predicted octanol–water partition coefficient (Wildman–Crippen LogP) is -0.657. The van der Waals surface area contributed by atoms with Crippen molar-refractivity contribution >= 4 is 6.98 Å². The minimum Gasteiger partial charge on any atom is -0.445 e. The molecule has 48 valence electrons. The Kier molecular flexibility index (Phi) is 7.09. The van der Waals surface area contributed by atoms with Gasteiger partial charge in [0.2, 0.25) is 0 Å². The predicted molar refractivity (Wildman–Crippen MR) is 28.5 cm³/mol. The smallest absolute Gasteiger partial charge is 0.445 e. The van der Waals surface area contributed by atoms with Crippen molar-refractivity contribution in [3.8, 4) is 0 Å². The summed E-state index contributed by atoms with van der Waals surface area (Å²) in [5.41, 5.74) is -0.481. The molecule has 0 spiro atoms. The van der Waals surface area contributed by atoms with E-state index in [0.717, 1.165) is 13.0 Å². The van der Waals surface area contributed by atoms with E-state index < -0.39 is 12.4 Å². The minimum absolute atomic E-state index is 0. The number of halogens is 3. The molecular weight excluding hydrogens is 155 g/mol. The van der Waals surface area contributed by atoms with Crippen LogP contribution in [0.2, 0.25) is 0 Å². The maximum atomic E-state index is 11.4. The summed E-state index contributed by atoms with van der Waals surface area (Å²) in [5, 5.41) is 0. The van der Waals surface area contributed by atoms with Crippen molar-refractivity contribution in [2.45, 2.75) is 13.8 Å². The van der Waals surface area contributed by atoms with E-state index >= 15 is 0 Å². The summed E-state index contributed by atoms with van der Waals surface area (Å²) in [6.45, 7) is -2.25. The van der Waals surface area contributed by atoms with E-state index in [4.69, 9.17) is 0 Å². The molecule has 0 atom stereocenters. The Labute approximate surface area is 95.4 Å². The summed E-state index contributed by atoms with van der Waals surface area (Å²) in [7, 11) is 0. The molecule has 0 bridgehead atoms. The summed E-state index contributed by atoms with van der Waals surface area (Å²) in [4.78, 5) is 0. The van der Waals surface area contributed by atoms with Crippen LogP contribution < -0.4 is 51.4 Å². The van der Waals surface area contributed by atoms with Gasteiger partial charge in [-0.3, -0.25) is 0 Å². The van der Waals surface area contributed by atoms with Gasteiger partial charge in [0, 0.05) is 0 Å². The maximum absolute atomic E-state index is 11.4. The molecule has 0 saturated heterocycles. The van der Waals surface area contributed by atoms with Gasteiger partial charge in [-0.1, -0.05) is 6.92 Å². The van der Waals surface area contributed by atoms with E-state index in [2.05, 4.69) is 0 Å². The van der Waals surface area contributed by atoms with E-state index in [1.54, 1.807) is 0 Å². The summed E-state index contributed by atoms with van der Waals surface area (Å²) < 4.78 is 34.3. The molecular formula is C4H7BF3K. The van der Waals surface area contributed by atoms with Crippen molar-refractivity contribution in [1.29, 1.82) is 0 Å². The molecule has 9 heavy (non-hydrogen) atoms. The van der Waals surface area contributed by atoms with Crippen LogP contribution in [0.4, 0.5) is 12.9 Å². The number of allylic oxidation sites excluding steroid dienone is 2. The van der Waals surface area contributed by atoms with Crippen molar-refractivity contribution in [2.24, 2.45) is 0 Å². The largest absolute Gasteiger partial charge is 1.00 e. The van der Waals surface area contributed by atoms with Crippen molar-refractivity contribution < 1.29 is 64.3 Å². The van der Waals surface area contributed by atoms with E-state index in [1.807, 2.05) is 0 Å². The van der Waals surface area contributed by atoms with Crippen LogP contribution in [0.15, 0.2) is 11.5 Å². The van der Waals surface area contributed by atoms with Crippen LogP contribution in [0, 0.1) is 0 Å². The molecule has 0 aliphatic heterocycles. The van der Waals surface area contributed by atoms with Crippen molar-refractivity contribution in [2.75, 3.05) is 0 Å². The summed E-state index contributed by atoms with van der Waals surface area (Å²) >= 11 is 0. The van der Waals surface area contributed by atoms with Gasteiger partial charge >= 0.3 is 58.4 Å². The number of hydrogen-bond acceptors (Lipinski definition) is 0. The Morgan fingerprint density at radius 3 is 1.67 bits per heavy atom. The maximum Gasteiger partial charge on any atom is 1.00 e. The molecule has 0 N–H and O–H groups in total. The van der Waals surface area contributed by atoms with Gasteiger partial charge in [0.05, 0.1) is 0 Å². The molecule has 0 aliphatic carbocycles. The zero-order chi connectivity index (χ0) is 6.78. The van der Waals surface area contributed by atoms with Crippen LogP contribution in [0.1, 0.15) is 13.8 Å². The molecule has 0 saturated carbocycles. The minimum atomic E-state index is -4.70. The van der Waals surface area contributed by atoms with Crippen LogP contribution in [0.5, 0.6) is 0 Å². The zero-order valence-electron chi connectivity index (χ0n) is 5.79. The molecule has 0 nitrogen and oxygen atoms in total. The Morgan fingerprint density at radius 2 is 1.67 bits per heavy atom. The topological polar surface area (TPSA) is 0 Å². The van der Waals surface area contributed by atoms with Gasteiger partial charge < -0.3 is 12.9 Å². The third kappa shape index (κ3) is 5.66. The fourth-order valence-corrected chi connectivity index (χ4v) is 0.189. The second-order valence-corrected chi connectivity index (χ2v) is 1.61. The molecule has 0 aliphatic rings. The Morgan fingerprint density at radius 1 is 1.33 bits per heavy atom. The molecule has 0 rings (SSSR count).